The summed E-state index contributed by atoms with van der Waals surface area (Å²) in [4.78, 5) is 23.8. The molecule has 0 aliphatic rings. The minimum absolute atomic E-state index is 0.480. The molecule has 0 saturated heterocycles. The van der Waals surface area contributed by atoms with E-state index in [0.717, 1.165) is 6.42 Å². The maximum absolute atomic E-state index is 11.9. The van der Waals surface area contributed by atoms with Gasteiger partial charge in [-0.1, -0.05) is 6.92 Å². The van der Waals surface area contributed by atoms with Gasteiger partial charge < -0.3 is 19.5 Å². The number of carbonyl (C=O) groups is 2. The molecule has 0 aliphatic heterocycles. The molecule has 0 bridgehead atoms. The second-order valence-electron chi connectivity index (χ2n) is 5.64. The van der Waals surface area contributed by atoms with Gasteiger partial charge in [0.25, 0.3) is 0 Å². The van der Waals surface area contributed by atoms with Gasteiger partial charge in [0.15, 0.2) is 11.5 Å². The van der Waals surface area contributed by atoms with E-state index in [1.807, 2.05) is 6.92 Å². The number of anilines is 1. The molecule has 0 heterocycles. The first-order valence-electron chi connectivity index (χ1n) is 8.66. The van der Waals surface area contributed by atoms with Gasteiger partial charge in [-0.05, 0) is 54.4 Å². The van der Waals surface area contributed by atoms with Crippen LogP contribution in [0.4, 0.5) is 5.69 Å². The highest BCUT2D eigenvalue weighted by Crippen LogP contribution is 2.26. The van der Waals surface area contributed by atoms with Crippen LogP contribution in [0.25, 0.3) is 0 Å². The molecule has 148 valence electrons. The number of methoxy groups -OCH3 is 2. The van der Waals surface area contributed by atoms with Crippen molar-refractivity contribution >= 4 is 23.7 Å². The fraction of sp³-hybridized carbons (Fsp3) is 0.250. The molecule has 0 fully saturated rings. The Balaban J connectivity index is 1.88. The van der Waals surface area contributed by atoms with Gasteiger partial charge in [0.1, 0.15) is 5.75 Å². The Hall–Kier alpha value is -3.55. The molecule has 0 saturated carbocycles. The van der Waals surface area contributed by atoms with Gasteiger partial charge >= 0.3 is 11.8 Å². The van der Waals surface area contributed by atoms with Crippen molar-refractivity contribution in [1.29, 1.82) is 0 Å². The number of ether oxygens (including phenoxy) is 3. The average Bonchev–Trinajstić information content (AvgIpc) is 2.72. The highest BCUT2D eigenvalue weighted by Gasteiger charge is 2.13. The van der Waals surface area contributed by atoms with Gasteiger partial charge in [0.2, 0.25) is 0 Å². The molecule has 0 aliphatic carbocycles. The molecule has 2 amide bonds. The topological polar surface area (TPSA) is 98.2 Å². The molecule has 2 N–H and O–H groups in total. The van der Waals surface area contributed by atoms with E-state index in [2.05, 4.69) is 15.8 Å². The van der Waals surface area contributed by atoms with Gasteiger partial charge in [-0.25, -0.2) is 5.43 Å². The Morgan fingerprint density at radius 1 is 1.00 bits per heavy atom. The first-order valence-corrected chi connectivity index (χ1v) is 8.66. The minimum atomic E-state index is -0.886. The molecule has 0 atom stereocenters. The normalized spacial score (nSPS) is 10.4. The van der Waals surface area contributed by atoms with E-state index >= 15 is 0 Å². The third-order valence-corrected chi connectivity index (χ3v) is 3.58. The number of rotatable bonds is 8. The standard InChI is InChI=1S/C20H23N3O5/c1-4-11-28-16-8-6-15(7-9-16)22-19(24)20(25)23-21-13-14-5-10-17(26-2)18(12-14)27-3/h5-10,12-13H,4,11H2,1-3H3,(H,22,24)(H,23,25)/b21-13-. The summed E-state index contributed by atoms with van der Waals surface area (Å²) in [6, 6.07) is 11.9. The third kappa shape index (κ3) is 6.01. The van der Waals surface area contributed by atoms with E-state index in [1.165, 1.54) is 20.4 Å². The highest BCUT2D eigenvalue weighted by molar-refractivity contribution is 6.39. The molecule has 28 heavy (non-hydrogen) atoms. The van der Waals surface area contributed by atoms with Crippen LogP contribution in [0.15, 0.2) is 47.6 Å². The van der Waals surface area contributed by atoms with Crippen LogP contribution in [0.2, 0.25) is 0 Å². The minimum Gasteiger partial charge on any atom is -0.494 e. The average molecular weight is 385 g/mol. The maximum Gasteiger partial charge on any atom is 0.329 e. The fourth-order valence-corrected chi connectivity index (χ4v) is 2.19. The molecule has 8 nitrogen and oxygen atoms in total. The van der Waals surface area contributed by atoms with Gasteiger partial charge in [-0.2, -0.15) is 5.10 Å². The molecule has 2 rings (SSSR count). The smallest absolute Gasteiger partial charge is 0.329 e. The monoisotopic (exact) mass is 385 g/mol. The first kappa shape index (κ1) is 20.8. The van der Waals surface area contributed by atoms with Crippen LogP contribution in [0, 0.1) is 0 Å². The van der Waals surface area contributed by atoms with Crippen LogP contribution < -0.4 is 25.0 Å². The Kier molecular flexibility index (Phi) is 7.83. The molecule has 2 aromatic rings. The SMILES string of the molecule is CCCOc1ccc(NC(=O)C(=O)N/N=C\c2ccc(OC)c(OC)c2)cc1. The number of benzene rings is 2. The lowest BCUT2D eigenvalue weighted by Gasteiger charge is -2.07. The Labute approximate surface area is 163 Å². The lowest BCUT2D eigenvalue weighted by atomic mass is 10.2. The van der Waals surface area contributed by atoms with Crippen LogP contribution in [-0.2, 0) is 9.59 Å². The zero-order valence-corrected chi connectivity index (χ0v) is 16.0. The van der Waals surface area contributed by atoms with E-state index < -0.39 is 11.8 Å². The Morgan fingerprint density at radius 3 is 2.36 bits per heavy atom. The quantitative estimate of drug-likeness (QED) is 0.413. The van der Waals surface area contributed by atoms with E-state index in [-0.39, 0.29) is 0 Å². The zero-order valence-electron chi connectivity index (χ0n) is 16.0. The Bertz CT molecular complexity index is 834. The van der Waals surface area contributed by atoms with Crippen LogP contribution in [0.3, 0.4) is 0 Å². The second kappa shape index (κ2) is 10.6. The van der Waals surface area contributed by atoms with Crippen molar-refractivity contribution in [1.82, 2.24) is 5.43 Å². The van der Waals surface area contributed by atoms with Crippen molar-refractivity contribution in [2.24, 2.45) is 5.10 Å². The number of hydrogen-bond donors (Lipinski definition) is 2. The summed E-state index contributed by atoms with van der Waals surface area (Å²) in [5, 5.41) is 6.27. The van der Waals surface area contributed by atoms with E-state index in [4.69, 9.17) is 14.2 Å². The number of nitrogens with one attached hydrogen (secondary N) is 2. The summed E-state index contributed by atoms with van der Waals surface area (Å²) < 4.78 is 15.8. The van der Waals surface area contributed by atoms with Crippen LogP contribution in [0.1, 0.15) is 18.9 Å². The van der Waals surface area contributed by atoms with Gasteiger partial charge in [-0.15, -0.1) is 0 Å². The predicted molar refractivity (Wildman–Crippen MR) is 106 cm³/mol. The molecule has 0 radical (unpaired) electrons. The van der Waals surface area contributed by atoms with Crippen molar-refractivity contribution in [3.05, 3.63) is 48.0 Å². The number of hydrazone groups is 1. The van der Waals surface area contributed by atoms with Gasteiger partial charge in [0.05, 0.1) is 27.0 Å². The van der Waals surface area contributed by atoms with E-state index in [1.54, 1.807) is 42.5 Å². The lowest BCUT2D eigenvalue weighted by molar-refractivity contribution is -0.136. The maximum atomic E-state index is 11.9. The number of nitrogens with zero attached hydrogens (tertiary/aromatic N) is 1. The first-order chi connectivity index (χ1) is 13.6. The van der Waals surface area contributed by atoms with E-state index in [0.29, 0.717) is 35.1 Å². The van der Waals surface area contributed by atoms with E-state index in [9.17, 15) is 9.59 Å². The summed E-state index contributed by atoms with van der Waals surface area (Å²) in [6.07, 6.45) is 2.30. The largest absolute Gasteiger partial charge is 0.494 e. The van der Waals surface area contributed by atoms with Crippen molar-refractivity contribution in [3.63, 3.8) is 0 Å². The summed E-state index contributed by atoms with van der Waals surface area (Å²) in [7, 11) is 3.06. The van der Waals surface area contributed by atoms with Crippen molar-refractivity contribution < 1.29 is 23.8 Å². The molecule has 0 unspecified atom stereocenters. The molecule has 2 aromatic carbocycles. The number of hydrogen-bond acceptors (Lipinski definition) is 6. The van der Waals surface area contributed by atoms with Crippen LogP contribution in [-0.4, -0.2) is 38.9 Å². The van der Waals surface area contributed by atoms with Crippen LogP contribution in [0.5, 0.6) is 17.2 Å². The number of carbonyl (C=O) groups excluding carboxylic acids is 2. The fourth-order valence-electron chi connectivity index (χ4n) is 2.19. The second-order valence-corrected chi connectivity index (χ2v) is 5.64. The predicted octanol–water partition coefficient (Wildman–Crippen LogP) is 2.58. The van der Waals surface area contributed by atoms with Crippen molar-refractivity contribution in [2.75, 3.05) is 26.1 Å². The Morgan fingerprint density at radius 2 is 1.71 bits per heavy atom. The zero-order chi connectivity index (χ0) is 20.4. The van der Waals surface area contributed by atoms with Crippen LogP contribution >= 0.6 is 0 Å². The molecule has 0 aromatic heterocycles. The molecular weight excluding hydrogens is 362 g/mol. The summed E-state index contributed by atoms with van der Waals surface area (Å²) in [5.74, 6) is 0.0922. The summed E-state index contributed by atoms with van der Waals surface area (Å²) in [6.45, 7) is 2.63. The van der Waals surface area contributed by atoms with Crippen molar-refractivity contribution in [3.8, 4) is 17.2 Å². The summed E-state index contributed by atoms with van der Waals surface area (Å²) in [5.41, 5.74) is 3.33. The number of amides is 2. The van der Waals surface area contributed by atoms with Crippen molar-refractivity contribution in [2.45, 2.75) is 13.3 Å². The molecule has 0 spiro atoms. The third-order valence-electron chi connectivity index (χ3n) is 3.58. The molecular formula is C20H23N3O5. The molecule has 8 heteroatoms. The lowest BCUT2D eigenvalue weighted by Crippen LogP contribution is -2.32. The van der Waals surface area contributed by atoms with Gasteiger partial charge in [-0.3, -0.25) is 9.59 Å². The summed E-state index contributed by atoms with van der Waals surface area (Å²) >= 11 is 0. The highest BCUT2D eigenvalue weighted by atomic mass is 16.5. The van der Waals surface area contributed by atoms with Gasteiger partial charge in [0, 0.05) is 5.69 Å².